The van der Waals surface area contributed by atoms with Crippen molar-refractivity contribution in [3.8, 4) is 0 Å². The molecule has 0 unspecified atom stereocenters. The van der Waals surface area contributed by atoms with Gasteiger partial charge in [0.15, 0.2) is 0 Å². The summed E-state index contributed by atoms with van der Waals surface area (Å²) in [6.45, 7) is 1.00. The van der Waals surface area contributed by atoms with Crippen molar-refractivity contribution in [2.24, 2.45) is 5.92 Å². The maximum atomic E-state index is 10.6. The van der Waals surface area contributed by atoms with Crippen molar-refractivity contribution >= 4 is 6.16 Å². The van der Waals surface area contributed by atoms with Crippen molar-refractivity contribution in [1.82, 2.24) is 5.32 Å². The number of methoxy groups -OCH3 is 1. The van der Waals surface area contributed by atoms with E-state index >= 15 is 0 Å². The van der Waals surface area contributed by atoms with Gasteiger partial charge in [0.2, 0.25) is 0 Å². The number of nitrogens with one attached hydrogen (secondary N) is 1. The van der Waals surface area contributed by atoms with Crippen molar-refractivity contribution in [2.75, 3.05) is 20.7 Å². The lowest BCUT2D eigenvalue weighted by atomic mass is 9.82. The molecule has 4 nitrogen and oxygen atoms in total. The molecule has 0 amide bonds. The fourth-order valence-corrected chi connectivity index (χ4v) is 1.41. The van der Waals surface area contributed by atoms with E-state index in [0.29, 0.717) is 5.92 Å². The van der Waals surface area contributed by atoms with Crippen LogP contribution in [0.25, 0.3) is 0 Å². The third-order valence-electron chi connectivity index (χ3n) is 2.11. The van der Waals surface area contributed by atoms with Gasteiger partial charge in [-0.25, -0.2) is 4.79 Å². The maximum Gasteiger partial charge on any atom is 0.508 e. The zero-order valence-corrected chi connectivity index (χ0v) is 7.50. The standard InChI is InChI=1S/C8H15NO3/c1-9-5-6-3-7(4-6)12-8(10)11-2/h6-7,9H,3-5H2,1-2H3. The summed E-state index contributed by atoms with van der Waals surface area (Å²) in [5, 5.41) is 3.09. The first-order chi connectivity index (χ1) is 5.76. The maximum absolute atomic E-state index is 10.6. The van der Waals surface area contributed by atoms with Crippen LogP contribution in [0.1, 0.15) is 12.8 Å². The van der Waals surface area contributed by atoms with E-state index < -0.39 is 6.16 Å². The van der Waals surface area contributed by atoms with Gasteiger partial charge in [0.25, 0.3) is 0 Å². The lowest BCUT2D eigenvalue weighted by Crippen LogP contribution is -2.38. The molecular weight excluding hydrogens is 158 g/mol. The zero-order chi connectivity index (χ0) is 8.97. The van der Waals surface area contributed by atoms with Gasteiger partial charge in [-0.3, -0.25) is 0 Å². The SMILES string of the molecule is CNCC1CC(OC(=O)OC)C1. The monoisotopic (exact) mass is 173 g/mol. The van der Waals surface area contributed by atoms with Crippen LogP contribution in [0, 0.1) is 5.92 Å². The summed E-state index contributed by atoms with van der Waals surface area (Å²) in [4.78, 5) is 10.6. The molecule has 0 aliphatic heterocycles. The Balaban J connectivity index is 2.05. The van der Waals surface area contributed by atoms with Gasteiger partial charge in [0.1, 0.15) is 6.10 Å². The quantitative estimate of drug-likeness (QED) is 0.640. The summed E-state index contributed by atoms with van der Waals surface area (Å²) in [5.41, 5.74) is 0. The van der Waals surface area contributed by atoms with Gasteiger partial charge in [-0.1, -0.05) is 0 Å². The zero-order valence-electron chi connectivity index (χ0n) is 7.50. The van der Waals surface area contributed by atoms with E-state index in [1.54, 1.807) is 0 Å². The molecule has 0 spiro atoms. The molecule has 0 aromatic rings. The molecule has 0 atom stereocenters. The highest BCUT2D eigenvalue weighted by atomic mass is 16.7. The van der Waals surface area contributed by atoms with E-state index in [0.717, 1.165) is 19.4 Å². The second kappa shape index (κ2) is 4.30. The molecule has 4 heteroatoms. The van der Waals surface area contributed by atoms with Crippen molar-refractivity contribution in [2.45, 2.75) is 18.9 Å². The van der Waals surface area contributed by atoms with Crippen LogP contribution >= 0.6 is 0 Å². The number of rotatable bonds is 3. The normalized spacial score (nSPS) is 27.5. The topological polar surface area (TPSA) is 47.6 Å². The van der Waals surface area contributed by atoms with E-state index in [1.807, 2.05) is 7.05 Å². The lowest BCUT2D eigenvalue weighted by Gasteiger charge is -2.33. The predicted octanol–water partition coefficient (Wildman–Crippen LogP) is 0.767. The fraction of sp³-hybridized carbons (Fsp3) is 0.875. The number of ether oxygens (including phenoxy) is 2. The van der Waals surface area contributed by atoms with Crippen LogP contribution in [-0.2, 0) is 9.47 Å². The van der Waals surface area contributed by atoms with Gasteiger partial charge < -0.3 is 14.8 Å². The molecule has 1 aliphatic rings. The summed E-state index contributed by atoms with van der Waals surface area (Å²) in [7, 11) is 3.25. The molecule has 0 aromatic heterocycles. The summed E-state index contributed by atoms with van der Waals surface area (Å²) >= 11 is 0. The van der Waals surface area contributed by atoms with Crippen LogP contribution in [0.15, 0.2) is 0 Å². The summed E-state index contributed by atoms with van der Waals surface area (Å²) in [6, 6.07) is 0. The van der Waals surface area contributed by atoms with E-state index in [2.05, 4.69) is 10.1 Å². The van der Waals surface area contributed by atoms with Crippen LogP contribution in [0.5, 0.6) is 0 Å². The number of hydrogen-bond donors (Lipinski definition) is 1. The van der Waals surface area contributed by atoms with E-state index in [1.165, 1.54) is 7.11 Å². The fourth-order valence-electron chi connectivity index (χ4n) is 1.41. The predicted molar refractivity (Wildman–Crippen MR) is 43.9 cm³/mol. The highest BCUT2D eigenvalue weighted by Crippen LogP contribution is 2.29. The van der Waals surface area contributed by atoms with Crippen LogP contribution in [0.4, 0.5) is 4.79 Å². The van der Waals surface area contributed by atoms with Gasteiger partial charge >= 0.3 is 6.16 Å². The first-order valence-corrected chi connectivity index (χ1v) is 4.15. The Morgan fingerprint density at radius 3 is 2.75 bits per heavy atom. The Morgan fingerprint density at radius 2 is 2.25 bits per heavy atom. The average Bonchev–Trinajstić information content (AvgIpc) is 2.00. The van der Waals surface area contributed by atoms with Gasteiger partial charge in [-0.2, -0.15) is 0 Å². The molecule has 70 valence electrons. The molecule has 0 aromatic carbocycles. The minimum Gasteiger partial charge on any atom is -0.438 e. The smallest absolute Gasteiger partial charge is 0.438 e. The Bertz CT molecular complexity index is 154. The second-order valence-corrected chi connectivity index (χ2v) is 3.09. The third-order valence-corrected chi connectivity index (χ3v) is 2.11. The molecule has 0 heterocycles. The highest BCUT2D eigenvalue weighted by molar-refractivity contribution is 5.59. The number of hydrogen-bond acceptors (Lipinski definition) is 4. The van der Waals surface area contributed by atoms with Gasteiger partial charge in [-0.15, -0.1) is 0 Å². The van der Waals surface area contributed by atoms with Crippen LogP contribution in [-0.4, -0.2) is 33.0 Å². The molecule has 1 aliphatic carbocycles. The summed E-state index contributed by atoms with van der Waals surface area (Å²) in [5.74, 6) is 0.657. The lowest BCUT2D eigenvalue weighted by molar-refractivity contribution is -0.0172. The molecule has 1 N–H and O–H groups in total. The molecule has 0 saturated heterocycles. The van der Waals surface area contributed by atoms with Gasteiger partial charge in [0, 0.05) is 0 Å². The van der Waals surface area contributed by atoms with Gasteiger partial charge in [0.05, 0.1) is 7.11 Å². The van der Waals surface area contributed by atoms with Gasteiger partial charge in [-0.05, 0) is 32.4 Å². The molecule has 0 bridgehead atoms. The summed E-state index contributed by atoms with van der Waals surface area (Å²) < 4.78 is 9.30. The van der Waals surface area contributed by atoms with Crippen LogP contribution < -0.4 is 5.32 Å². The molecule has 1 rings (SSSR count). The van der Waals surface area contributed by atoms with E-state index in [-0.39, 0.29) is 6.10 Å². The third kappa shape index (κ3) is 2.37. The molecular formula is C8H15NO3. The van der Waals surface area contributed by atoms with Crippen LogP contribution in [0.3, 0.4) is 0 Å². The Kier molecular flexibility index (Phi) is 3.34. The number of carbonyl (C=O) groups excluding carboxylic acids is 1. The molecule has 1 saturated carbocycles. The van der Waals surface area contributed by atoms with Crippen molar-refractivity contribution in [3.05, 3.63) is 0 Å². The Hall–Kier alpha value is -0.770. The molecule has 0 radical (unpaired) electrons. The number of carbonyl (C=O) groups is 1. The van der Waals surface area contributed by atoms with Crippen molar-refractivity contribution < 1.29 is 14.3 Å². The first kappa shape index (κ1) is 9.32. The molecule has 12 heavy (non-hydrogen) atoms. The van der Waals surface area contributed by atoms with Crippen molar-refractivity contribution in [1.29, 1.82) is 0 Å². The largest absolute Gasteiger partial charge is 0.508 e. The van der Waals surface area contributed by atoms with Crippen molar-refractivity contribution in [3.63, 3.8) is 0 Å². The minimum atomic E-state index is -0.567. The minimum absolute atomic E-state index is 0.0794. The molecule has 1 fully saturated rings. The summed E-state index contributed by atoms with van der Waals surface area (Å²) in [6.07, 6.45) is 1.42. The first-order valence-electron chi connectivity index (χ1n) is 4.15. The van der Waals surface area contributed by atoms with E-state index in [4.69, 9.17) is 4.74 Å². The second-order valence-electron chi connectivity index (χ2n) is 3.09. The Labute approximate surface area is 72.2 Å². The van der Waals surface area contributed by atoms with Crippen LogP contribution in [0.2, 0.25) is 0 Å². The highest BCUT2D eigenvalue weighted by Gasteiger charge is 2.31. The Morgan fingerprint density at radius 1 is 1.58 bits per heavy atom. The average molecular weight is 173 g/mol. The van der Waals surface area contributed by atoms with E-state index in [9.17, 15) is 4.79 Å².